The number of carbonyl (C=O) groups is 1. The zero-order valence-corrected chi connectivity index (χ0v) is 20.6. The van der Waals surface area contributed by atoms with Gasteiger partial charge in [-0.2, -0.15) is 0 Å². The maximum atomic E-state index is 13.3. The molecule has 1 fully saturated rings. The predicted molar refractivity (Wildman–Crippen MR) is 141 cm³/mol. The number of anilines is 2. The molecule has 0 radical (unpaired) electrons. The molecule has 3 aromatic rings. The van der Waals surface area contributed by atoms with Crippen LogP contribution in [-0.2, 0) is 4.79 Å². The third kappa shape index (κ3) is 5.77. The van der Waals surface area contributed by atoms with E-state index in [9.17, 15) is 4.79 Å². The van der Waals surface area contributed by atoms with Crippen molar-refractivity contribution in [2.45, 2.75) is 51.3 Å². The van der Waals surface area contributed by atoms with Gasteiger partial charge in [0.1, 0.15) is 5.75 Å². The van der Waals surface area contributed by atoms with Crippen LogP contribution >= 0.6 is 12.4 Å². The Kier molecular flexibility index (Phi) is 9.07. The molecule has 2 aromatic carbocycles. The van der Waals surface area contributed by atoms with Gasteiger partial charge in [0.2, 0.25) is 5.91 Å². The molecule has 1 amide bonds. The first kappa shape index (κ1) is 25.7. The summed E-state index contributed by atoms with van der Waals surface area (Å²) in [5, 5.41) is 1.08. The first-order valence-corrected chi connectivity index (χ1v) is 12.0. The van der Waals surface area contributed by atoms with Crippen LogP contribution in [0.1, 0.15) is 39.0 Å². The number of halogens is 1. The molecule has 4 rings (SSSR count). The number of nitrogens with two attached hydrogens (primary N) is 2. The lowest BCUT2D eigenvalue weighted by atomic mass is 10.0. The van der Waals surface area contributed by atoms with Gasteiger partial charge in [-0.3, -0.25) is 4.79 Å². The van der Waals surface area contributed by atoms with Gasteiger partial charge in [-0.1, -0.05) is 19.8 Å². The number of ether oxygens (including phenoxy) is 1. The van der Waals surface area contributed by atoms with Crippen molar-refractivity contribution in [1.82, 2.24) is 9.88 Å². The summed E-state index contributed by atoms with van der Waals surface area (Å²) in [6.07, 6.45) is 5.78. The van der Waals surface area contributed by atoms with Crippen LogP contribution in [0.4, 0.5) is 11.4 Å². The number of rotatable bonds is 9. The predicted octanol–water partition coefficient (Wildman–Crippen LogP) is 4.52. The van der Waals surface area contributed by atoms with E-state index in [0.717, 1.165) is 53.8 Å². The average molecular weight is 486 g/mol. The van der Waals surface area contributed by atoms with Gasteiger partial charge in [0.15, 0.2) is 6.23 Å². The number of hydrogen-bond acceptors (Lipinski definition) is 5. The Bertz CT molecular complexity index is 1050. The van der Waals surface area contributed by atoms with Crippen LogP contribution in [0, 0.1) is 0 Å². The van der Waals surface area contributed by atoms with E-state index in [4.69, 9.17) is 16.2 Å². The first-order valence-electron chi connectivity index (χ1n) is 12.0. The minimum Gasteiger partial charge on any atom is -0.468 e. The normalized spacial score (nSPS) is 18.1. The Labute approximate surface area is 207 Å². The second kappa shape index (κ2) is 12.0. The van der Waals surface area contributed by atoms with E-state index in [1.807, 2.05) is 59.6 Å². The summed E-state index contributed by atoms with van der Waals surface area (Å²) < 4.78 is 6.58. The van der Waals surface area contributed by atoms with Gasteiger partial charge in [0.05, 0.1) is 6.04 Å². The van der Waals surface area contributed by atoms with E-state index < -0.39 is 6.23 Å². The molecule has 0 spiro atoms. The molecule has 1 aliphatic rings. The molecule has 7 nitrogen and oxygen atoms in total. The van der Waals surface area contributed by atoms with Crippen molar-refractivity contribution in [3.63, 3.8) is 0 Å². The Morgan fingerprint density at radius 2 is 1.91 bits per heavy atom. The fourth-order valence-corrected chi connectivity index (χ4v) is 4.65. The number of aromatic nitrogens is 1. The number of H-pyrrole nitrogens is 1. The lowest BCUT2D eigenvalue weighted by Gasteiger charge is -2.48. The number of hydrogen-bond donors (Lipinski definition) is 3. The van der Waals surface area contributed by atoms with Crippen molar-refractivity contribution in [2.75, 3.05) is 30.3 Å². The molecule has 1 saturated heterocycles. The Hall–Kier alpha value is -2.90. The number of nitrogens with one attached hydrogen (secondary N) is 1. The molecule has 1 aliphatic heterocycles. The van der Waals surface area contributed by atoms with Crippen LogP contribution in [0.3, 0.4) is 0 Å². The second-order valence-corrected chi connectivity index (χ2v) is 8.71. The summed E-state index contributed by atoms with van der Waals surface area (Å²) in [6.45, 7) is 3.99. The van der Waals surface area contributed by atoms with Crippen LogP contribution in [0.2, 0.25) is 0 Å². The molecule has 34 heavy (non-hydrogen) atoms. The van der Waals surface area contributed by atoms with Gasteiger partial charge in [0, 0.05) is 48.0 Å². The third-order valence-electron chi connectivity index (χ3n) is 6.40. The number of benzene rings is 2. The molecule has 1 aromatic heterocycles. The van der Waals surface area contributed by atoms with Crippen molar-refractivity contribution in [3.05, 3.63) is 54.7 Å². The van der Waals surface area contributed by atoms with Gasteiger partial charge in [0.25, 0.3) is 0 Å². The summed E-state index contributed by atoms with van der Waals surface area (Å²) in [6, 6.07) is 15.8. The van der Waals surface area contributed by atoms with Crippen molar-refractivity contribution in [1.29, 1.82) is 0 Å². The quantitative estimate of drug-likeness (QED) is 0.305. The van der Waals surface area contributed by atoms with Crippen LogP contribution in [0.15, 0.2) is 54.7 Å². The van der Waals surface area contributed by atoms with E-state index in [2.05, 4.69) is 16.8 Å². The van der Waals surface area contributed by atoms with Crippen LogP contribution in [0.5, 0.6) is 5.75 Å². The number of nitrogen functional groups attached to an aromatic ring is 1. The third-order valence-corrected chi connectivity index (χ3v) is 6.40. The van der Waals surface area contributed by atoms with E-state index in [1.165, 1.54) is 0 Å². The number of carbonyl (C=O) groups excluding carboxylic acids is 1. The molecule has 0 aliphatic carbocycles. The molecular weight excluding hydrogens is 450 g/mol. The fourth-order valence-electron chi connectivity index (χ4n) is 4.65. The smallest absolute Gasteiger partial charge is 0.225 e. The highest BCUT2D eigenvalue weighted by Gasteiger charge is 2.40. The van der Waals surface area contributed by atoms with Crippen molar-refractivity contribution < 1.29 is 9.53 Å². The molecule has 2 atom stereocenters. The molecular formula is C26H36ClN5O2. The average Bonchev–Trinajstić information content (AvgIpc) is 3.29. The Balaban J connectivity index is 0.00000324. The number of unbranched alkanes of at least 4 members (excludes halogenated alkanes) is 2. The minimum absolute atomic E-state index is 0. The zero-order valence-electron chi connectivity index (χ0n) is 19.8. The molecule has 2 unspecified atom stereocenters. The van der Waals surface area contributed by atoms with Gasteiger partial charge in [-0.15, -0.1) is 12.4 Å². The molecule has 0 saturated carbocycles. The topological polar surface area (TPSA) is 101 Å². The maximum Gasteiger partial charge on any atom is 0.225 e. The van der Waals surface area contributed by atoms with Gasteiger partial charge >= 0.3 is 0 Å². The van der Waals surface area contributed by atoms with E-state index in [0.29, 0.717) is 25.9 Å². The monoisotopic (exact) mass is 485 g/mol. The summed E-state index contributed by atoms with van der Waals surface area (Å²) >= 11 is 0. The van der Waals surface area contributed by atoms with E-state index in [-0.39, 0.29) is 24.4 Å². The Morgan fingerprint density at radius 3 is 2.65 bits per heavy atom. The summed E-state index contributed by atoms with van der Waals surface area (Å²) in [4.78, 5) is 20.7. The first-order chi connectivity index (χ1) is 16.1. The standard InChI is InChI=1S/C26H35N5O2.ClH/c1-2-3-4-5-25(32)31-17-16-30(21-8-6-20(28)7-9-21)24(12-14-27)26(31)33-22-10-11-23-19(18-22)13-15-29-23;/h6-11,13,15,18,24,26,29H,2-5,12,14,16-17,27-28H2,1H3;1H. The summed E-state index contributed by atoms with van der Waals surface area (Å²) in [5.41, 5.74) is 14.8. The van der Waals surface area contributed by atoms with Gasteiger partial charge < -0.3 is 31.0 Å². The van der Waals surface area contributed by atoms with Crippen molar-refractivity contribution >= 4 is 40.6 Å². The molecule has 2 heterocycles. The summed E-state index contributed by atoms with van der Waals surface area (Å²) in [5.74, 6) is 0.898. The number of amides is 1. The number of nitrogens with zero attached hydrogens (tertiary/aromatic N) is 2. The van der Waals surface area contributed by atoms with Gasteiger partial charge in [-0.25, -0.2) is 0 Å². The van der Waals surface area contributed by atoms with Crippen molar-refractivity contribution in [3.8, 4) is 5.75 Å². The van der Waals surface area contributed by atoms with Crippen LogP contribution in [-0.4, -0.2) is 47.7 Å². The molecule has 8 heteroatoms. The SMILES string of the molecule is CCCCCC(=O)N1CCN(c2ccc(N)cc2)C(CCN)C1Oc1ccc2[nH]ccc2c1.Cl. The highest BCUT2D eigenvalue weighted by Crippen LogP contribution is 2.30. The summed E-state index contributed by atoms with van der Waals surface area (Å²) in [7, 11) is 0. The lowest BCUT2D eigenvalue weighted by molar-refractivity contribution is -0.143. The lowest BCUT2D eigenvalue weighted by Crippen LogP contribution is -2.63. The minimum atomic E-state index is -0.426. The fraction of sp³-hybridized carbons (Fsp3) is 0.423. The Morgan fingerprint density at radius 1 is 1.12 bits per heavy atom. The molecule has 5 N–H and O–H groups in total. The van der Waals surface area contributed by atoms with Crippen molar-refractivity contribution in [2.24, 2.45) is 5.73 Å². The number of piperazine rings is 1. The second-order valence-electron chi connectivity index (χ2n) is 8.71. The maximum absolute atomic E-state index is 13.3. The number of aromatic amines is 1. The van der Waals surface area contributed by atoms with Crippen LogP contribution < -0.4 is 21.1 Å². The molecule has 184 valence electrons. The van der Waals surface area contributed by atoms with Crippen LogP contribution in [0.25, 0.3) is 10.9 Å². The number of fused-ring (bicyclic) bond motifs is 1. The highest BCUT2D eigenvalue weighted by molar-refractivity contribution is 5.85. The largest absolute Gasteiger partial charge is 0.468 e. The zero-order chi connectivity index (χ0) is 23.2. The molecule has 0 bridgehead atoms. The highest BCUT2D eigenvalue weighted by atomic mass is 35.5. The van der Waals surface area contributed by atoms with E-state index in [1.54, 1.807) is 0 Å². The van der Waals surface area contributed by atoms with E-state index >= 15 is 0 Å². The van der Waals surface area contributed by atoms with Gasteiger partial charge in [-0.05, 0) is 67.9 Å².